The molecule has 0 aliphatic carbocycles. The molecule has 0 saturated heterocycles. The molecule has 0 unspecified atom stereocenters. The van der Waals surface area contributed by atoms with E-state index in [1.165, 1.54) is 6.20 Å². The van der Waals surface area contributed by atoms with Gasteiger partial charge in [0.1, 0.15) is 5.75 Å². The van der Waals surface area contributed by atoms with Gasteiger partial charge in [-0.25, -0.2) is 9.98 Å². The topological polar surface area (TPSA) is 67.8 Å². The minimum atomic E-state index is -4.42. The summed E-state index contributed by atoms with van der Waals surface area (Å²) in [6, 6.07) is 10.8. The van der Waals surface area contributed by atoms with Gasteiger partial charge >= 0.3 is 6.18 Å². The normalized spacial score (nSPS) is 11.8. The zero-order valence-corrected chi connectivity index (χ0v) is 15.7. The van der Waals surface area contributed by atoms with Gasteiger partial charge in [-0.2, -0.15) is 13.2 Å². The predicted octanol–water partition coefficient (Wildman–Crippen LogP) is 3.29. The number of halogens is 3. The van der Waals surface area contributed by atoms with Crippen LogP contribution in [0, 0.1) is 0 Å². The average molecular weight is 396 g/mol. The summed E-state index contributed by atoms with van der Waals surface area (Å²) in [7, 11) is 1.60. The van der Waals surface area contributed by atoms with E-state index in [4.69, 9.17) is 9.47 Å². The first-order valence-electron chi connectivity index (χ1n) is 8.70. The van der Waals surface area contributed by atoms with E-state index in [0.717, 1.165) is 11.3 Å². The number of aliphatic imine (C=N–C) groups is 1. The van der Waals surface area contributed by atoms with E-state index in [-0.39, 0.29) is 12.4 Å². The Morgan fingerprint density at radius 3 is 2.54 bits per heavy atom. The van der Waals surface area contributed by atoms with Crippen molar-refractivity contribution in [1.29, 1.82) is 0 Å². The molecule has 0 radical (unpaired) electrons. The van der Waals surface area contributed by atoms with Crippen molar-refractivity contribution >= 4 is 5.96 Å². The summed E-state index contributed by atoms with van der Waals surface area (Å²) in [5.74, 6) is 1.24. The number of nitrogens with zero attached hydrogens (tertiary/aromatic N) is 2. The number of rotatable bonds is 8. The van der Waals surface area contributed by atoms with Crippen LogP contribution in [-0.4, -0.2) is 37.4 Å². The lowest BCUT2D eigenvalue weighted by Crippen LogP contribution is -2.37. The monoisotopic (exact) mass is 396 g/mol. The Bertz CT molecular complexity index is 765. The fourth-order valence-corrected chi connectivity index (χ4v) is 2.26. The van der Waals surface area contributed by atoms with E-state index in [9.17, 15) is 13.2 Å². The first-order valence-corrected chi connectivity index (χ1v) is 8.70. The summed E-state index contributed by atoms with van der Waals surface area (Å²) in [5.41, 5.74) is 1.50. The van der Waals surface area contributed by atoms with Gasteiger partial charge in [0.15, 0.2) is 12.6 Å². The van der Waals surface area contributed by atoms with Crippen LogP contribution in [0.5, 0.6) is 11.6 Å². The van der Waals surface area contributed by atoms with Crippen LogP contribution in [-0.2, 0) is 13.1 Å². The van der Waals surface area contributed by atoms with E-state index >= 15 is 0 Å². The summed E-state index contributed by atoms with van der Waals surface area (Å²) >= 11 is 0. The quantitative estimate of drug-likeness (QED) is 0.530. The number of nitrogens with one attached hydrogen (secondary N) is 2. The van der Waals surface area contributed by atoms with E-state index in [1.807, 2.05) is 31.2 Å². The minimum absolute atomic E-state index is 0.0571. The van der Waals surface area contributed by atoms with Crippen LogP contribution in [0.25, 0.3) is 0 Å². The molecule has 0 aliphatic heterocycles. The highest BCUT2D eigenvalue weighted by Gasteiger charge is 2.29. The van der Waals surface area contributed by atoms with Gasteiger partial charge in [-0.3, -0.25) is 0 Å². The Balaban J connectivity index is 2.00. The second kappa shape index (κ2) is 10.4. The van der Waals surface area contributed by atoms with Crippen LogP contribution in [0.2, 0.25) is 0 Å². The number of hydrogen-bond acceptors (Lipinski definition) is 4. The molecule has 1 aromatic heterocycles. The zero-order valence-electron chi connectivity index (χ0n) is 15.7. The SMILES string of the molecule is CCNC(=NCc1ccc(OC)cc1)NCc1cccnc1OCC(F)(F)F. The molecule has 1 heterocycles. The number of guanidine groups is 1. The number of methoxy groups -OCH3 is 1. The number of ether oxygens (including phenoxy) is 2. The van der Waals surface area contributed by atoms with Gasteiger partial charge in [0.05, 0.1) is 13.7 Å². The second-order valence-corrected chi connectivity index (χ2v) is 5.77. The maximum atomic E-state index is 12.4. The van der Waals surface area contributed by atoms with Crippen molar-refractivity contribution in [3.05, 3.63) is 53.7 Å². The molecule has 1 aromatic carbocycles. The van der Waals surface area contributed by atoms with Gasteiger partial charge in [-0.05, 0) is 30.7 Å². The fourth-order valence-electron chi connectivity index (χ4n) is 2.26. The van der Waals surface area contributed by atoms with Crippen LogP contribution in [0.1, 0.15) is 18.1 Å². The zero-order chi connectivity index (χ0) is 20.4. The summed E-state index contributed by atoms with van der Waals surface area (Å²) in [5, 5.41) is 6.17. The number of hydrogen-bond donors (Lipinski definition) is 2. The third-order valence-electron chi connectivity index (χ3n) is 3.59. The van der Waals surface area contributed by atoms with Crippen molar-refractivity contribution < 1.29 is 22.6 Å². The first kappa shape index (κ1) is 21.3. The molecule has 9 heteroatoms. The van der Waals surface area contributed by atoms with Gasteiger partial charge in [0.2, 0.25) is 5.88 Å². The summed E-state index contributed by atoms with van der Waals surface area (Å²) in [6.45, 7) is 1.83. The molecule has 0 spiro atoms. The average Bonchev–Trinajstić information content (AvgIpc) is 2.69. The molecular formula is C19H23F3N4O2. The third kappa shape index (κ3) is 7.34. The molecule has 152 valence electrons. The van der Waals surface area contributed by atoms with Crippen LogP contribution in [0.3, 0.4) is 0 Å². The van der Waals surface area contributed by atoms with Gasteiger partial charge in [0.25, 0.3) is 0 Å². The van der Waals surface area contributed by atoms with Gasteiger partial charge in [0, 0.05) is 24.8 Å². The summed E-state index contributed by atoms with van der Waals surface area (Å²) in [6.07, 6.45) is -3.03. The van der Waals surface area contributed by atoms with Gasteiger partial charge < -0.3 is 20.1 Å². The number of pyridine rings is 1. The van der Waals surface area contributed by atoms with Crippen molar-refractivity contribution in [1.82, 2.24) is 15.6 Å². The lowest BCUT2D eigenvalue weighted by molar-refractivity contribution is -0.154. The van der Waals surface area contributed by atoms with E-state index in [1.54, 1.807) is 19.2 Å². The second-order valence-electron chi connectivity index (χ2n) is 5.77. The Morgan fingerprint density at radius 2 is 1.89 bits per heavy atom. The van der Waals surface area contributed by atoms with Crippen LogP contribution in [0.15, 0.2) is 47.6 Å². The number of alkyl halides is 3. The van der Waals surface area contributed by atoms with Crippen molar-refractivity contribution in [2.45, 2.75) is 26.2 Å². The predicted molar refractivity (Wildman–Crippen MR) is 100 cm³/mol. The molecule has 0 atom stereocenters. The standard InChI is InChI=1S/C19H23F3N4O2/c1-3-23-18(25-11-14-6-8-16(27-2)9-7-14)26-12-15-5-4-10-24-17(15)28-13-19(20,21)22/h4-10H,3,11-13H2,1-2H3,(H2,23,25,26). The lowest BCUT2D eigenvalue weighted by Gasteiger charge is -2.14. The molecule has 0 bridgehead atoms. The number of benzene rings is 1. The van der Waals surface area contributed by atoms with E-state index in [2.05, 4.69) is 20.6 Å². The van der Waals surface area contributed by atoms with Crippen LogP contribution in [0.4, 0.5) is 13.2 Å². The maximum absolute atomic E-state index is 12.4. The van der Waals surface area contributed by atoms with Crippen molar-refractivity contribution in [2.24, 2.45) is 4.99 Å². The maximum Gasteiger partial charge on any atom is 0.422 e. The molecule has 0 saturated carbocycles. The minimum Gasteiger partial charge on any atom is -0.497 e. The molecule has 0 fully saturated rings. The highest BCUT2D eigenvalue weighted by atomic mass is 19.4. The fraction of sp³-hybridized carbons (Fsp3) is 0.368. The van der Waals surface area contributed by atoms with Gasteiger partial charge in [-0.15, -0.1) is 0 Å². The van der Waals surface area contributed by atoms with Crippen LogP contribution >= 0.6 is 0 Å². The molecule has 0 aliphatic rings. The lowest BCUT2D eigenvalue weighted by atomic mass is 10.2. The Kier molecular flexibility index (Phi) is 7.91. The summed E-state index contributed by atoms with van der Waals surface area (Å²) in [4.78, 5) is 8.36. The Morgan fingerprint density at radius 1 is 1.14 bits per heavy atom. The smallest absolute Gasteiger partial charge is 0.422 e. The Hall–Kier alpha value is -2.97. The molecule has 6 nitrogen and oxygen atoms in total. The number of aromatic nitrogens is 1. The molecule has 2 rings (SSSR count). The molecule has 28 heavy (non-hydrogen) atoms. The summed E-state index contributed by atoms with van der Waals surface area (Å²) < 4.78 is 47.1. The highest BCUT2D eigenvalue weighted by Crippen LogP contribution is 2.19. The third-order valence-corrected chi connectivity index (χ3v) is 3.59. The van der Waals surface area contributed by atoms with Gasteiger partial charge in [-0.1, -0.05) is 18.2 Å². The first-order chi connectivity index (χ1) is 13.4. The van der Waals surface area contributed by atoms with E-state index < -0.39 is 12.8 Å². The molecule has 2 aromatic rings. The molecule has 0 amide bonds. The highest BCUT2D eigenvalue weighted by molar-refractivity contribution is 5.79. The van der Waals surface area contributed by atoms with Crippen molar-refractivity contribution in [3.63, 3.8) is 0 Å². The molecular weight excluding hydrogens is 373 g/mol. The van der Waals surface area contributed by atoms with Crippen molar-refractivity contribution in [2.75, 3.05) is 20.3 Å². The largest absolute Gasteiger partial charge is 0.497 e. The van der Waals surface area contributed by atoms with Crippen LogP contribution < -0.4 is 20.1 Å². The van der Waals surface area contributed by atoms with E-state index in [0.29, 0.717) is 24.6 Å². The molecule has 2 N–H and O–H groups in total. The Labute approximate surface area is 161 Å². The van der Waals surface area contributed by atoms with Crippen molar-refractivity contribution in [3.8, 4) is 11.6 Å².